The van der Waals surface area contributed by atoms with Gasteiger partial charge < -0.3 is 30.0 Å². The van der Waals surface area contributed by atoms with Crippen LogP contribution in [0.15, 0.2) is 18.2 Å². The lowest BCUT2D eigenvalue weighted by Crippen LogP contribution is -2.30. The van der Waals surface area contributed by atoms with Gasteiger partial charge in [0.15, 0.2) is 5.82 Å². The van der Waals surface area contributed by atoms with Gasteiger partial charge in [0.05, 0.1) is 13.2 Å². The van der Waals surface area contributed by atoms with Gasteiger partial charge in [0.2, 0.25) is 11.8 Å². The first-order valence-corrected chi connectivity index (χ1v) is 12.3. The molecule has 0 bridgehead atoms. The van der Waals surface area contributed by atoms with Crippen molar-refractivity contribution in [2.75, 3.05) is 10.6 Å². The molecule has 2 heterocycles. The first-order chi connectivity index (χ1) is 17.5. The number of anilines is 2. The van der Waals surface area contributed by atoms with Gasteiger partial charge in [-0.15, -0.1) is 0 Å². The summed E-state index contributed by atoms with van der Waals surface area (Å²) in [5.74, 6) is -2.56. The van der Waals surface area contributed by atoms with Crippen LogP contribution in [0.1, 0.15) is 64.7 Å². The summed E-state index contributed by atoms with van der Waals surface area (Å²) in [7, 11) is -2.16. The van der Waals surface area contributed by atoms with Gasteiger partial charge in [0, 0.05) is 23.1 Å². The maximum absolute atomic E-state index is 14.1. The van der Waals surface area contributed by atoms with E-state index in [-0.39, 0.29) is 42.8 Å². The van der Waals surface area contributed by atoms with E-state index in [0.29, 0.717) is 13.0 Å². The molecule has 0 spiro atoms. The van der Waals surface area contributed by atoms with Gasteiger partial charge in [0.25, 0.3) is 0 Å². The number of carbonyl (C=O) groups is 2. The van der Waals surface area contributed by atoms with Crippen molar-refractivity contribution in [3.05, 3.63) is 46.5 Å². The smallest absolute Gasteiger partial charge is 0.423 e. The number of fused-ring (bicyclic) bond motifs is 2. The topological polar surface area (TPSA) is 117 Å². The summed E-state index contributed by atoms with van der Waals surface area (Å²) in [5.41, 5.74) is 3.21. The second-order valence-corrected chi connectivity index (χ2v) is 9.34. The van der Waals surface area contributed by atoms with Gasteiger partial charge in [0.1, 0.15) is 11.5 Å². The summed E-state index contributed by atoms with van der Waals surface area (Å²) in [6, 6.07) is 4.63. The average Bonchev–Trinajstić information content (AvgIpc) is 3.45. The molecule has 4 N–H and O–H groups in total. The van der Waals surface area contributed by atoms with Crippen LogP contribution in [0, 0.1) is 30.4 Å². The lowest BCUT2D eigenvalue weighted by molar-refractivity contribution is -0.120. The Morgan fingerprint density at radius 1 is 0.947 bits per heavy atom. The Hall–Kier alpha value is -2.79. The van der Waals surface area contributed by atoms with Crippen molar-refractivity contribution in [2.24, 2.45) is 11.8 Å². The fraction of sp³-hybridized carbons (Fsp3) is 0.462. The molecule has 0 aliphatic carbocycles. The summed E-state index contributed by atoms with van der Waals surface area (Å²) < 4.78 is 37.9. The van der Waals surface area contributed by atoms with Gasteiger partial charge in [-0.25, -0.2) is 8.78 Å². The van der Waals surface area contributed by atoms with Gasteiger partial charge in [-0.05, 0) is 54.0 Å². The Balaban J connectivity index is 0.000000260. The van der Waals surface area contributed by atoms with Crippen LogP contribution in [0.2, 0.25) is 0 Å². The van der Waals surface area contributed by atoms with Gasteiger partial charge in [-0.3, -0.25) is 9.59 Å². The first-order valence-electron chi connectivity index (χ1n) is 12.3. The summed E-state index contributed by atoms with van der Waals surface area (Å²) in [4.78, 5) is 23.6. The normalized spacial score (nSPS) is 15.0. The highest BCUT2D eigenvalue weighted by atomic mass is 19.1. The third-order valence-corrected chi connectivity index (χ3v) is 6.92. The highest BCUT2D eigenvalue weighted by molar-refractivity contribution is 6.62. The zero-order chi connectivity index (χ0) is 27.4. The average molecular weight is 532 g/mol. The van der Waals surface area contributed by atoms with Crippen molar-refractivity contribution in [3.63, 3.8) is 0 Å². The van der Waals surface area contributed by atoms with Crippen LogP contribution in [0.5, 0.6) is 0 Å². The number of carbonyl (C=O) groups excluding carboxylic acids is 2. The van der Waals surface area contributed by atoms with E-state index in [9.17, 15) is 28.4 Å². The largest absolute Gasteiger partial charge is 0.491 e. The zero-order valence-electron chi connectivity index (χ0n) is 21.7. The molecule has 0 aromatic heterocycles. The quantitative estimate of drug-likeness (QED) is 0.426. The molecule has 2 aromatic rings. The van der Waals surface area contributed by atoms with Crippen molar-refractivity contribution in [2.45, 2.75) is 68.1 Å². The Kier molecular flexibility index (Phi) is 11.0. The van der Waals surface area contributed by atoms with E-state index in [1.54, 1.807) is 6.92 Å². The van der Waals surface area contributed by atoms with E-state index in [1.807, 2.05) is 39.8 Å². The number of hydrogen-bond acceptors (Lipinski definition) is 6. The van der Waals surface area contributed by atoms with E-state index in [0.717, 1.165) is 34.8 Å². The number of amides is 2. The molecular weight excluding hydrogens is 496 g/mol. The minimum Gasteiger partial charge on any atom is -0.423 e. The number of nitrogens with one attached hydrogen (secondary N) is 2. The molecule has 0 saturated carbocycles. The van der Waals surface area contributed by atoms with Crippen molar-refractivity contribution < 1.29 is 37.7 Å². The third-order valence-electron chi connectivity index (χ3n) is 6.92. The number of benzene rings is 2. The molecule has 4 rings (SSSR count). The number of rotatable bonds is 6. The second-order valence-electron chi connectivity index (χ2n) is 9.34. The Bertz CT molecular complexity index is 1180. The van der Waals surface area contributed by atoms with Gasteiger partial charge >= 0.3 is 14.2 Å². The molecule has 2 aliphatic heterocycles. The minimum atomic E-state index is -1.32. The van der Waals surface area contributed by atoms with Crippen molar-refractivity contribution in [1.82, 2.24) is 0 Å². The van der Waals surface area contributed by atoms with Crippen LogP contribution in [-0.2, 0) is 32.1 Å². The predicted octanol–water partition coefficient (Wildman–Crippen LogP) is 3.00. The maximum atomic E-state index is 14.1. The van der Waals surface area contributed by atoms with E-state index >= 15 is 0 Å². The summed E-state index contributed by atoms with van der Waals surface area (Å²) in [5, 5.41) is 24.2. The Morgan fingerprint density at radius 3 is 2.05 bits per heavy atom. The van der Waals surface area contributed by atoms with E-state index in [4.69, 9.17) is 9.31 Å². The molecule has 0 radical (unpaired) electrons. The first kappa shape index (κ1) is 31.4. The lowest BCUT2D eigenvalue weighted by Gasteiger charge is -2.14. The SMILES string of the molecule is C.CCC(C)C(=O)Nc1c(F)cc2c(c1F)COB2O.CCC(C)C(=O)Nc1ccc2c(c1C)COB2O. The monoisotopic (exact) mass is 532 g/mol. The summed E-state index contributed by atoms with van der Waals surface area (Å²) >= 11 is 0. The molecule has 8 nitrogen and oxygen atoms in total. The summed E-state index contributed by atoms with van der Waals surface area (Å²) in [6.07, 6.45) is 1.39. The van der Waals surface area contributed by atoms with Crippen molar-refractivity contribution in [1.29, 1.82) is 0 Å². The van der Waals surface area contributed by atoms with Gasteiger partial charge in [-0.2, -0.15) is 0 Å². The van der Waals surface area contributed by atoms with Gasteiger partial charge in [-0.1, -0.05) is 41.2 Å². The van der Waals surface area contributed by atoms with E-state index in [1.165, 1.54) is 0 Å². The van der Waals surface area contributed by atoms with Crippen LogP contribution in [0.25, 0.3) is 0 Å². The van der Waals surface area contributed by atoms with Crippen molar-refractivity contribution in [3.8, 4) is 0 Å². The standard InChI is InChI=1S/C13H18BNO3.C12H14BF2NO3.CH4/c1-4-8(2)13(16)15-12-6-5-11-10(9(12)3)7-18-14(11)17;1-3-6(2)12(17)16-11-9(14)4-8-7(10(11)15)5-19-13(8)18;/h5-6,8,17H,4,7H2,1-3H3,(H,15,16);4,6,18H,3,5H2,1-2H3,(H,16,17);1H4. The molecule has 2 aliphatic rings. The Labute approximate surface area is 223 Å². The van der Waals surface area contributed by atoms with E-state index < -0.39 is 37.5 Å². The minimum absolute atomic E-state index is 0. The maximum Gasteiger partial charge on any atom is 0.491 e. The van der Waals surface area contributed by atoms with Crippen LogP contribution in [0.3, 0.4) is 0 Å². The number of halogens is 2. The Morgan fingerprint density at radius 2 is 1.47 bits per heavy atom. The molecule has 206 valence electrons. The van der Waals surface area contributed by atoms with Crippen LogP contribution < -0.4 is 21.6 Å². The second kappa shape index (κ2) is 13.3. The van der Waals surface area contributed by atoms with Crippen LogP contribution >= 0.6 is 0 Å². The molecule has 2 amide bonds. The third kappa shape index (κ3) is 6.61. The zero-order valence-corrected chi connectivity index (χ0v) is 21.7. The fourth-order valence-electron chi connectivity index (χ4n) is 3.87. The summed E-state index contributed by atoms with van der Waals surface area (Å²) in [6.45, 7) is 9.57. The molecule has 0 fully saturated rings. The lowest BCUT2D eigenvalue weighted by atomic mass is 9.78. The van der Waals surface area contributed by atoms with Crippen LogP contribution in [0.4, 0.5) is 20.2 Å². The molecule has 38 heavy (non-hydrogen) atoms. The molecule has 12 heteroatoms. The number of hydrogen-bond donors (Lipinski definition) is 4. The predicted molar refractivity (Wildman–Crippen MR) is 145 cm³/mol. The van der Waals surface area contributed by atoms with Crippen LogP contribution in [-0.4, -0.2) is 36.1 Å². The molecular formula is C26H36B2F2N2O6. The molecule has 2 unspecified atom stereocenters. The fourth-order valence-corrected chi connectivity index (χ4v) is 3.87. The highest BCUT2D eigenvalue weighted by Crippen LogP contribution is 2.26. The van der Waals surface area contributed by atoms with E-state index in [2.05, 4.69) is 10.6 Å². The highest BCUT2D eigenvalue weighted by Gasteiger charge is 2.33. The van der Waals surface area contributed by atoms with Crippen molar-refractivity contribution >= 4 is 48.4 Å². The molecule has 0 saturated heterocycles. The molecule has 2 atom stereocenters. The molecule has 2 aromatic carbocycles.